The highest BCUT2D eigenvalue weighted by molar-refractivity contribution is 7.17. The van der Waals surface area contributed by atoms with Crippen molar-refractivity contribution < 1.29 is 4.79 Å². The van der Waals surface area contributed by atoms with Crippen LogP contribution in [-0.4, -0.2) is 47.0 Å². The zero-order chi connectivity index (χ0) is 17.0. The zero-order valence-corrected chi connectivity index (χ0v) is 15.5. The molecule has 1 aliphatic carbocycles. The number of hydrogen-bond donors (Lipinski definition) is 0. The van der Waals surface area contributed by atoms with E-state index in [1.165, 1.54) is 12.8 Å². The van der Waals surface area contributed by atoms with E-state index < -0.39 is 0 Å². The molecule has 5 rings (SSSR count). The summed E-state index contributed by atoms with van der Waals surface area (Å²) in [5, 5.41) is 2.08. The van der Waals surface area contributed by atoms with Crippen LogP contribution in [0.3, 0.4) is 0 Å². The fourth-order valence-corrected chi connectivity index (χ4v) is 5.39. The molecule has 2 aromatic rings. The summed E-state index contributed by atoms with van der Waals surface area (Å²) in [6.07, 6.45) is 5.74. The molecule has 2 aliphatic heterocycles. The molecule has 0 bridgehead atoms. The molecule has 25 heavy (non-hydrogen) atoms. The Morgan fingerprint density at radius 2 is 2.16 bits per heavy atom. The number of amides is 1. The summed E-state index contributed by atoms with van der Waals surface area (Å²) < 4.78 is 1.15. The molecule has 1 atom stereocenters. The second-order valence-electron chi connectivity index (χ2n) is 7.98. The van der Waals surface area contributed by atoms with Crippen molar-refractivity contribution in [1.82, 2.24) is 14.9 Å². The maximum Gasteiger partial charge on any atom is 0.230 e. The highest BCUT2D eigenvalue weighted by Crippen LogP contribution is 2.44. The van der Waals surface area contributed by atoms with Gasteiger partial charge in [0.2, 0.25) is 5.91 Å². The van der Waals surface area contributed by atoms with Crippen molar-refractivity contribution in [2.24, 2.45) is 11.3 Å². The molecule has 6 heteroatoms. The van der Waals surface area contributed by atoms with Crippen molar-refractivity contribution in [3.05, 3.63) is 17.3 Å². The molecule has 2 aromatic heterocycles. The number of likely N-dealkylation sites (tertiary alicyclic amines) is 1. The molecule has 5 nitrogen and oxygen atoms in total. The monoisotopic (exact) mass is 356 g/mol. The number of fused-ring (bicyclic) bond motifs is 1. The first kappa shape index (κ1) is 15.6. The Hall–Kier alpha value is -1.69. The van der Waals surface area contributed by atoms with Gasteiger partial charge in [0.25, 0.3) is 0 Å². The standard InChI is InChI=1S/C19H24N4OS/c1-13-20-15-5-10-25-16(15)17(21-13)23-9-7-19(12-23)6-2-8-22(18(19)24)11-14-3-4-14/h5,10,14H,2-4,6-9,11-12H2,1H3. The van der Waals surface area contributed by atoms with Crippen LogP contribution < -0.4 is 4.90 Å². The van der Waals surface area contributed by atoms with Crippen LogP contribution in [0.25, 0.3) is 10.2 Å². The van der Waals surface area contributed by atoms with Gasteiger partial charge in [-0.15, -0.1) is 11.3 Å². The summed E-state index contributed by atoms with van der Waals surface area (Å²) in [5.74, 6) is 3.02. The average Bonchev–Trinajstić information content (AvgIpc) is 3.12. The van der Waals surface area contributed by atoms with E-state index >= 15 is 0 Å². The minimum atomic E-state index is -0.185. The van der Waals surface area contributed by atoms with Gasteiger partial charge in [0.1, 0.15) is 11.6 Å². The van der Waals surface area contributed by atoms with Gasteiger partial charge in [0, 0.05) is 26.2 Å². The number of hydrogen-bond acceptors (Lipinski definition) is 5. The Morgan fingerprint density at radius 3 is 3.00 bits per heavy atom. The Morgan fingerprint density at radius 1 is 1.28 bits per heavy atom. The van der Waals surface area contributed by atoms with Gasteiger partial charge in [-0.2, -0.15) is 0 Å². The molecule has 3 aliphatic rings. The summed E-state index contributed by atoms with van der Waals surface area (Å²) in [5.41, 5.74) is 0.842. The van der Waals surface area contributed by atoms with E-state index in [-0.39, 0.29) is 5.41 Å². The summed E-state index contributed by atoms with van der Waals surface area (Å²) >= 11 is 1.70. The first-order valence-electron chi connectivity index (χ1n) is 9.41. The van der Waals surface area contributed by atoms with Crippen molar-refractivity contribution in [2.75, 3.05) is 31.1 Å². The molecule has 0 N–H and O–H groups in total. The van der Waals surface area contributed by atoms with Gasteiger partial charge in [0.05, 0.1) is 15.6 Å². The van der Waals surface area contributed by atoms with E-state index in [9.17, 15) is 4.79 Å². The number of rotatable bonds is 3. The fourth-order valence-electron chi connectivity index (χ4n) is 4.55. The predicted molar refractivity (Wildman–Crippen MR) is 100.0 cm³/mol. The average molecular weight is 356 g/mol. The maximum absolute atomic E-state index is 13.2. The van der Waals surface area contributed by atoms with Gasteiger partial charge >= 0.3 is 0 Å². The lowest BCUT2D eigenvalue weighted by atomic mass is 9.78. The van der Waals surface area contributed by atoms with Gasteiger partial charge in [-0.3, -0.25) is 4.79 Å². The predicted octanol–water partition coefficient (Wildman–Crippen LogP) is 3.23. The van der Waals surface area contributed by atoms with E-state index in [0.29, 0.717) is 5.91 Å². The molecule has 132 valence electrons. The topological polar surface area (TPSA) is 49.3 Å². The van der Waals surface area contributed by atoms with Crippen LogP contribution in [-0.2, 0) is 4.79 Å². The molecular weight excluding hydrogens is 332 g/mol. The summed E-state index contributed by atoms with van der Waals surface area (Å²) in [7, 11) is 0. The molecule has 1 unspecified atom stereocenters. The SMILES string of the molecule is Cc1nc(N2CCC3(CCCN(CC4CC4)C3=O)C2)c2sccc2n1. The third-order valence-corrected chi connectivity index (χ3v) is 6.95. The highest BCUT2D eigenvalue weighted by Gasteiger charge is 2.49. The minimum absolute atomic E-state index is 0.185. The summed E-state index contributed by atoms with van der Waals surface area (Å²) in [4.78, 5) is 27.0. The van der Waals surface area contributed by atoms with Crippen molar-refractivity contribution in [3.8, 4) is 0 Å². The molecule has 0 aromatic carbocycles. The third-order valence-electron chi connectivity index (χ3n) is 6.05. The Kier molecular flexibility index (Phi) is 3.52. The number of carbonyl (C=O) groups is 1. The van der Waals surface area contributed by atoms with E-state index in [2.05, 4.69) is 26.2 Å². The first-order valence-corrected chi connectivity index (χ1v) is 10.3. The second kappa shape index (κ2) is 5.66. The molecule has 2 saturated heterocycles. The lowest BCUT2D eigenvalue weighted by Gasteiger charge is -2.39. The van der Waals surface area contributed by atoms with Crippen LogP contribution in [0.1, 0.15) is 37.9 Å². The summed E-state index contributed by atoms with van der Waals surface area (Å²) in [6.45, 7) is 5.64. The molecule has 3 fully saturated rings. The molecular formula is C19H24N4OS. The number of anilines is 1. The molecule has 4 heterocycles. The van der Waals surface area contributed by atoms with Gasteiger partial charge < -0.3 is 9.80 Å². The number of thiophene rings is 1. The van der Waals surface area contributed by atoms with Crippen LogP contribution in [0.15, 0.2) is 11.4 Å². The van der Waals surface area contributed by atoms with Crippen molar-refractivity contribution in [3.63, 3.8) is 0 Å². The van der Waals surface area contributed by atoms with E-state index in [0.717, 1.165) is 73.2 Å². The van der Waals surface area contributed by atoms with Crippen molar-refractivity contribution >= 4 is 33.3 Å². The first-order chi connectivity index (χ1) is 12.1. The van der Waals surface area contributed by atoms with E-state index in [1.807, 2.05) is 6.92 Å². The number of piperidine rings is 1. The van der Waals surface area contributed by atoms with Crippen molar-refractivity contribution in [1.29, 1.82) is 0 Å². The Labute approximate surface area is 152 Å². The lowest BCUT2D eigenvalue weighted by molar-refractivity contribution is -0.145. The molecule has 1 amide bonds. The van der Waals surface area contributed by atoms with Crippen LogP contribution >= 0.6 is 11.3 Å². The highest BCUT2D eigenvalue weighted by atomic mass is 32.1. The Bertz CT molecular complexity index is 830. The smallest absolute Gasteiger partial charge is 0.230 e. The normalized spacial score (nSPS) is 27.0. The quantitative estimate of drug-likeness (QED) is 0.847. The van der Waals surface area contributed by atoms with Crippen LogP contribution in [0.4, 0.5) is 5.82 Å². The fraction of sp³-hybridized carbons (Fsp3) is 0.632. The lowest BCUT2D eigenvalue weighted by Crippen LogP contribution is -2.50. The van der Waals surface area contributed by atoms with E-state index in [1.54, 1.807) is 11.3 Å². The Balaban J connectivity index is 1.43. The van der Waals surface area contributed by atoms with Crippen molar-refractivity contribution in [2.45, 2.75) is 39.0 Å². The number of aryl methyl sites for hydroxylation is 1. The minimum Gasteiger partial charge on any atom is -0.354 e. The molecule has 0 radical (unpaired) electrons. The largest absolute Gasteiger partial charge is 0.354 e. The molecule has 1 spiro atoms. The van der Waals surface area contributed by atoms with Gasteiger partial charge in [-0.05, 0) is 56.4 Å². The van der Waals surface area contributed by atoms with Crippen LogP contribution in [0.2, 0.25) is 0 Å². The third kappa shape index (κ3) is 2.62. The number of aromatic nitrogens is 2. The molecule has 1 saturated carbocycles. The summed E-state index contributed by atoms with van der Waals surface area (Å²) in [6, 6.07) is 2.06. The van der Waals surface area contributed by atoms with Crippen LogP contribution in [0, 0.1) is 18.3 Å². The second-order valence-corrected chi connectivity index (χ2v) is 8.90. The van der Waals surface area contributed by atoms with Gasteiger partial charge in [0.15, 0.2) is 0 Å². The zero-order valence-electron chi connectivity index (χ0n) is 14.7. The van der Waals surface area contributed by atoms with E-state index in [4.69, 9.17) is 4.98 Å². The number of nitrogens with zero attached hydrogens (tertiary/aromatic N) is 4. The van der Waals surface area contributed by atoms with Gasteiger partial charge in [-0.1, -0.05) is 0 Å². The number of carbonyl (C=O) groups excluding carboxylic acids is 1. The van der Waals surface area contributed by atoms with Gasteiger partial charge in [-0.25, -0.2) is 9.97 Å². The maximum atomic E-state index is 13.2. The van der Waals surface area contributed by atoms with Crippen LogP contribution in [0.5, 0.6) is 0 Å².